The molecular weight excluding hydrogens is 321 g/mol. The van der Waals surface area contributed by atoms with Crippen molar-refractivity contribution in [3.05, 3.63) is 0 Å². The fourth-order valence-electron chi connectivity index (χ4n) is 4.98. The zero-order valence-electron chi connectivity index (χ0n) is 14.1. The van der Waals surface area contributed by atoms with E-state index in [0.717, 1.165) is 11.8 Å². The minimum absolute atomic E-state index is 0.117. The van der Waals surface area contributed by atoms with Crippen LogP contribution in [-0.2, 0) is 0 Å². The van der Waals surface area contributed by atoms with Crippen molar-refractivity contribution >= 4 is 6.03 Å². The van der Waals surface area contributed by atoms with Crippen LogP contribution < -0.4 is 5.32 Å². The van der Waals surface area contributed by atoms with Gasteiger partial charge in [-0.25, -0.2) is 4.79 Å². The number of halogens is 3. The molecule has 1 aliphatic heterocycles. The molecule has 3 fully saturated rings. The Kier molecular flexibility index (Phi) is 5.00. The number of alkyl halides is 3. The van der Waals surface area contributed by atoms with E-state index in [1.54, 1.807) is 4.90 Å². The van der Waals surface area contributed by atoms with Gasteiger partial charge in [-0.2, -0.15) is 13.2 Å². The van der Waals surface area contributed by atoms with Crippen LogP contribution in [-0.4, -0.2) is 47.4 Å². The summed E-state index contributed by atoms with van der Waals surface area (Å²) in [7, 11) is 0. The quantitative estimate of drug-likeness (QED) is 0.823. The summed E-state index contributed by atoms with van der Waals surface area (Å²) in [6, 6.07) is -0.0588. The highest BCUT2D eigenvalue weighted by atomic mass is 19.4. The van der Waals surface area contributed by atoms with Gasteiger partial charge in [0.05, 0.1) is 0 Å². The Morgan fingerprint density at radius 1 is 1.17 bits per heavy atom. The number of carbonyl (C=O) groups is 1. The van der Waals surface area contributed by atoms with Crippen molar-refractivity contribution in [1.82, 2.24) is 10.2 Å². The molecule has 1 heterocycles. The molecular formula is C17H27F3N2O2. The molecule has 0 radical (unpaired) electrons. The van der Waals surface area contributed by atoms with Gasteiger partial charge in [0.15, 0.2) is 6.10 Å². The van der Waals surface area contributed by atoms with E-state index in [0.29, 0.717) is 5.92 Å². The zero-order chi connectivity index (χ0) is 17.5. The predicted molar refractivity (Wildman–Crippen MR) is 83.3 cm³/mol. The maximum Gasteiger partial charge on any atom is 0.414 e. The first kappa shape index (κ1) is 17.8. The van der Waals surface area contributed by atoms with Gasteiger partial charge in [0.1, 0.15) is 0 Å². The molecule has 2 amide bonds. The highest BCUT2D eigenvalue weighted by molar-refractivity contribution is 5.74. The fourth-order valence-corrected chi connectivity index (χ4v) is 4.98. The van der Waals surface area contributed by atoms with Crippen LogP contribution in [0.25, 0.3) is 0 Å². The van der Waals surface area contributed by atoms with Crippen LogP contribution in [0.5, 0.6) is 0 Å². The van der Waals surface area contributed by atoms with Crippen LogP contribution in [0.4, 0.5) is 18.0 Å². The average molecular weight is 348 g/mol. The Balaban J connectivity index is 1.45. The molecule has 2 saturated carbocycles. The molecule has 2 bridgehead atoms. The summed E-state index contributed by atoms with van der Waals surface area (Å²) in [6.07, 6.45) is -1.43. The summed E-state index contributed by atoms with van der Waals surface area (Å²) in [5.41, 5.74) is 0. The summed E-state index contributed by atoms with van der Waals surface area (Å²) in [6.45, 7) is 2.59. The smallest absolute Gasteiger partial charge is 0.383 e. The number of hydrogen-bond donors (Lipinski definition) is 2. The summed E-state index contributed by atoms with van der Waals surface area (Å²) >= 11 is 0. The van der Waals surface area contributed by atoms with Gasteiger partial charge in [-0.05, 0) is 62.7 Å². The van der Waals surface area contributed by atoms with E-state index in [2.05, 4.69) is 5.32 Å². The van der Waals surface area contributed by atoms with Crippen LogP contribution in [0.2, 0.25) is 0 Å². The molecule has 3 rings (SSSR count). The van der Waals surface area contributed by atoms with Gasteiger partial charge in [-0.1, -0.05) is 6.42 Å². The normalized spacial score (nSPS) is 33.5. The number of hydrogen-bond acceptors (Lipinski definition) is 2. The van der Waals surface area contributed by atoms with Gasteiger partial charge in [-0.3, -0.25) is 0 Å². The number of rotatable bonds is 3. The van der Waals surface area contributed by atoms with Crippen molar-refractivity contribution < 1.29 is 23.1 Å². The third-order valence-electron chi connectivity index (χ3n) is 6.39. The van der Waals surface area contributed by atoms with Gasteiger partial charge in [0.2, 0.25) is 0 Å². The van der Waals surface area contributed by atoms with E-state index >= 15 is 0 Å². The standard InChI is InChI=1S/C17H27F3N2O2/c1-10(14-9-11-2-3-13(14)8-11)21-16(24)22-6-4-12(5-7-22)15(23)17(18,19)20/h10-15,23H,2-9H2,1H3,(H,21,24). The Hall–Kier alpha value is -0.980. The van der Waals surface area contributed by atoms with Crippen molar-refractivity contribution in [2.45, 2.75) is 63.8 Å². The van der Waals surface area contributed by atoms with E-state index in [9.17, 15) is 23.1 Å². The number of likely N-dealkylation sites (tertiary alicyclic amines) is 1. The monoisotopic (exact) mass is 348 g/mol. The Bertz CT molecular complexity index is 463. The van der Waals surface area contributed by atoms with Crippen molar-refractivity contribution in [2.75, 3.05) is 13.1 Å². The summed E-state index contributed by atoms with van der Waals surface area (Å²) in [4.78, 5) is 14.0. The van der Waals surface area contributed by atoms with E-state index in [4.69, 9.17) is 0 Å². The molecule has 24 heavy (non-hydrogen) atoms. The molecule has 3 aliphatic rings. The number of fused-ring (bicyclic) bond motifs is 2. The largest absolute Gasteiger partial charge is 0.414 e. The predicted octanol–water partition coefficient (Wildman–Crippen LogP) is 3.16. The lowest BCUT2D eigenvalue weighted by atomic mass is 9.84. The maximum atomic E-state index is 12.6. The number of nitrogens with one attached hydrogen (secondary N) is 1. The Labute approximate surface area is 140 Å². The van der Waals surface area contributed by atoms with Gasteiger partial charge < -0.3 is 15.3 Å². The first-order valence-corrected chi connectivity index (χ1v) is 9.06. The first-order valence-electron chi connectivity index (χ1n) is 9.06. The van der Waals surface area contributed by atoms with Crippen molar-refractivity contribution in [1.29, 1.82) is 0 Å². The van der Waals surface area contributed by atoms with Gasteiger partial charge in [0, 0.05) is 19.1 Å². The second-order valence-electron chi connectivity index (χ2n) is 7.89. The molecule has 0 aromatic heterocycles. The van der Waals surface area contributed by atoms with Crippen LogP contribution in [0.1, 0.15) is 45.4 Å². The molecule has 0 spiro atoms. The number of urea groups is 1. The molecule has 1 saturated heterocycles. The number of piperidine rings is 1. The molecule has 0 aromatic rings. The van der Waals surface area contributed by atoms with Crippen molar-refractivity contribution in [3.8, 4) is 0 Å². The molecule has 4 nitrogen and oxygen atoms in total. The van der Waals surface area contributed by atoms with E-state index in [1.807, 2.05) is 6.92 Å². The minimum atomic E-state index is -4.58. The molecule has 5 unspecified atom stereocenters. The zero-order valence-corrected chi connectivity index (χ0v) is 14.1. The van der Waals surface area contributed by atoms with E-state index < -0.39 is 18.2 Å². The summed E-state index contributed by atoms with van der Waals surface area (Å²) in [5.74, 6) is 1.27. The lowest BCUT2D eigenvalue weighted by Crippen LogP contribution is -2.51. The average Bonchev–Trinajstić information content (AvgIpc) is 3.16. The summed E-state index contributed by atoms with van der Waals surface area (Å²) in [5, 5.41) is 12.4. The Morgan fingerprint density at radius 2 is 1.83 bits per heavy atom. The highest BCUT2D eigenvalue weighted by Gasteiger charge is 2.45. The third-order valence-corrected chi connectivity index (χ3v) is 6.39. The minimum Gasteiger partial charge on any atom is -0.383 e. The fraction of sp³-hybridized carbons (Fsp3) is 0.941. The maximum absolute atomic E-state index is 12.6. The van der Waals surface area contributed by atoms with Crippen LogP contribution in [0.15, 0.2) is 0 Å². The van der Waals surface area contributed by atoms with Crippen LogP contribution >= 0.6 is 0 Å². The number of aliphatic hydroxyl groups is 1. The number of amides is 2. The molecule has 2 aliphatic carbocycles. The van der Waals surface area contributed by atoms with Crippen LogP contribution in [0.3, 0.4) is 0 Å². The molecule has 0 aromatic carbocycles. The highest BCUT2D eigenvalue weighted by Crippen LogP contribution is 2.49. The molecule has 7 heteroatoms. The van der Waals surface area contributed by atoms with Gasteiger partial charge in [0.25, 0.3) is 0 Å². The van der Waals surface area contributed by atoms with E-state index in [1.165, 1.54) is 25.7 Å². The van der Waals surface area contributed by atoms with Crippen LogP contribution in [0, 0.1) is 23.7 Å². The second-order valence-corrected chi connectivity index (χ2v) is 7.89. The first-order chi connectivity index (χ1) is 11.3. The lowest BCUT2D eigenvalue weighted by Gasteiger charge is -2.36. The topological polar surface area (TPSA) is 52.6 Å². The molecule has 2 N–H and O–H groups in total. The third kappa shape index (κ3) is 3.65. The van der Waals surface area contributed by atoms with E-state index in [-0.39, 0.29) is 38.0 Å². The molecule has 138 valence electrons. The summed E-state index contributed by atoms with van der Waals surface area (Å²) < 4.78 is 37.7. The SMILES string of the molecule is CC(NC(=O)N1CCC(C(O)C(F)(F)F)CC1)C1CC2CCC1C2. The van der Waals surface area contributed by atoms with Crippen molar-refractivity contribution in [2.24, 2.45) is 23.7 Å². The number of nitrogens with zero attached hydrogens (tertiary/aromatic N) is 1. The van der Waals surface area contributed by atoms with Crippen molar-refractivity contribution in [3.63, 3.8) is 0 Å². The number of aliphatic hydroxyl groups excluding tert-OH is 1. The van der Waals surface area contributed by atoms with Gasteiger partial charge >= 0.3 is 12.2 Å². The second kappa shape index (κ2) is 6.73. The lowest BCUT2D eigenvalue weighted by molar-refractivity contribution is -0.222. The number of carbonyl (C=O) groups excluding carboxylic acids is 1. The molecule has 5 atom stereocenters. The van der Waals surface area contributed by atoms with Gasteiger partial charge in [-0.15, -0.1) is 0 Å². The Morgan fingerprint density at radius 3 is 2.33 bits per heavy atom.